The number of rotatable bonds is 43. The van der Waals surface area contributed by atoms with E-state index in [9.17, 15) is 24.2 Å². The Morgan fingerprint density at radius 2 is 0.796 bits per heavy atom. The number of hydrogen-bond acceptors (Lipinski definition) is 9. The lowest BCUT2D eigenvalue weighted by molar-refractivity contribution is -0.161. The summed E-state index contributed by atoms with van der Waals surface area (Å²) in [6.45, 7) is 2.42. The lowest BCUT2D eigenvalue weighted by atomic mass is 10.0. The fraction of sp³-hybridized carbons (Fsp3) is 0.953. The molecule has 3 atom stereocenters. The van der Waals surface area contributed by atoms with Gasteiger partial charge in [-0.2, -0.15) is 0 Å². The molecule has 10 nitrogen and oxygen atoms in total. The smallest absolute Gasteiger partial charge is 0.462 e. The van der Waals surface area contributed by atoms with Gasteiger partial charge in [0.1, 0.15) is 12.7 Å². The van der Waals surface area contributed by atoms with Crippen LogP contribution in [0.3, 0.4) is 0 Å². The number of aliphatic hydroxyl groups is 2. The van der Waals surface area contributed by atoms with Crippen molar-refractivity contribution in [1.29, 1.82) is 0 Å². The fourth-order valence-electron chi connectivity index (χ4n) is 6.52. The highest BCUT2D eigenvalue weighted by molar-refractivity contribution is 7.47. The van der Waals surface area contributed by atoms with E-state index in [1.165, 1.54) is 154 Å². The summed E-state index contributed by atoms with van der Waals surface area (Å²) in [4.78, 5) is 35.0. The van der Waals surface area contributed by atoms with Gasteiger partial charge in [0.2, 0.25) is 0 Å². The molecule has 54 heavy (non-hydrogen) atoms. The molecule has 0 saturated carbocycles. The molecule has 1 unspecified atom stereocenters. The van der Waals surface area contributed by atoms with Gasteiger partial charge in [0.15, 0.2) is 6.10 Å². The van der Waals surface area contributed by atoms with Gasteiger partial charge in [-0.25, -0.2) is 4.57 Å². The number of phosphoric ester groups is 1. The quantitative estimate of drug-likeness (QED) is 0.0309. The van der Waals surface area contributed by atoms with Crippen molar-refractivity contribution in [2.75, 3.05) is 26.4 Å². The van der Waals surface area contributed by atoms with Crippen LogP contribution in [-0.2, 0) is 32.7 Å². The van der Waals surface area contributed by atoms with E-state index in [0.29, 0.717) is 12.8 Å². The van der Waals surface area contributed by atoms with Crippen LogP contribution in [-0.4, -0.2) is 65.7 Å². The maximum Gasteiger partial charge on any atom is 0.472 e. The van der Waals surface area contributed by atoms with E-state index < -0.39 is 51.8 Å². The van der Waals surface area contributed by atoms with Gasteiger partial charge in [-0.1, -0.05) is 200 Å². The summed E-state index contributed by atoms with van der Waals surface area (Å²) in [7, 11) is -4.61. The Morgan fingerprint density at radius 3 is 1.15 bits per heavy atom. The second kappa shape index (κ2) is 40.2. The highest BCUT2D eigenvalue weighted by Crippen LogP contribution is 2.43. The van der Waals surface area contributed by atoms with Crippen LogP contribution in [0.5, 0.6) is 0 Å². The Morgan fingerprint density at radius 1 is 0.481 bits per heavy atom. The van der Waals surface area contributed by atoms with E-state index in [0.717, 1.165) is 32.1 Å². The molecule has 3 N–H and O–H groups in total. The number of carbonyl (C=O) groups is 2. The summed E-state index contributed by atoms with van der Waals surface area (Å²) in [6.07, 6.45) is 36.4. The molecule has 0 heterocycles. The normalized spacial score (nSPS) is 13.8. The highest BCUT2D eigenvalue weighted by atomic mass is 31.2. The van der Waals surface area contributed by atoms with Crippen molar-refractivity contribution in [2.45, 2.75) is 238 Å². The van der Waals surface area contributed by atoms with Crippen LogP contribution in [0, 0.1) is 0 Å². The molecule has 0 aromatic rings. The number of aliphatic hydroxyl groups excluding tert-OH is 2. The van der Waals surface area contributed by atoms with Crippen molar-refractivity contribution in [1.82, 2.24) is 0 Å². The molecule has 0 radical (unpaired) electrons. The van der Waals surface area contributed by atoms with Crippen LogP contribution in [0.2, 0.25) is 0 Å². The van der Waals surface area contributed by atoms with Crippen molar-refractivity contribution >= 4 is 19.8 Å². The summed E-state index contributed by atoms with van der Waals surface area (Å²) in [5.41, 5.74) is 0. The Balaban J connectivity index is 4.21. The predicted molar refractivity (Wildman–Crippen MR) is 219 cm³/mol. The van der Waals surface area contributed by atoms with Crippen molar-refractivity contribution in [3.05, 3.63) is 0 Å². The molecule has 0 aromatic carbocycles. The molecule has 0 fully saturated rings. The zero-order chi connectivity index (χ0) is 39.8. The molecular formula is C43H85O10P. The van der Waals surface area contributed by atoms with Crippen LogP contribution in [0.25, 0.3) is 0 Å². The molecule has 0 saturated heterocycles. The molecule has 0 amide bonds. The second-order valence-electron chi connectivity index (χ2n) is 15.4. The minimum Gasteiger partial charge on any atom is -0.462 e. The summed E-state index contributed by atoms with van der Waals surface area (Å²) < 4.78 is 32.7. The summed E-state index contributed by atoms with van der Waals surface area (Å²) >= 11 is 0. The number of ether oxygens (including phenoxy) is 2. The first-order valence-electron chi connectivity index (χ1n) is 22.5. The first-order valence-corrected chi connectivity index (χ1v) is 24.0. The molecule has 0 bridgehead atoms. The van der Waals surface area contributed by atoms with Gasteiger partial charge in [0, 0.05) is 12.8 Å². The lowest BCUT2D eigenvalue weighted by Gasteiger charge is -2.20. The number of hydrogen-bond donors (Lipinski definition) is 3. The minimum absolute atomic E-state index is 0.193. The van der Waals surface area contributed by atoms with Gasteiger partial charge < -0.3 is 24.6 Å². The Hall–Kier alpha value is -1.03. The molecule has 0 aromatic heterocycles. The average molecular weight is 793 g/mol. The predicted octanol–water partition coefficient (Wildman–Crippen LogP) is 11.8. The third-order valence-corrected chi connectivity index (χ3v) is 11.0. The van der Waals surface area contributed by atoms with Gasteiger partial charge in [0.05, 0.1) is 19.8 Å². The van der Waals surface area contributed by atoms with Gasteiger partial charge in [-0.3, -0.25) is 18.6 Å². The molecule has 0 rings (SSSR count). The van der Waals surface area contributed by atoms with Crippen LogP contribution in [0.4, 0.5) is 0 Å². The van der Waals surface area contributed by atoms with Crippen LogP contribution >= 0.6 is 7.82 Å². The monoisotopic (exact) mass is 793 g/mol. The largest absolute Gasteiger partial charge is 0.472 e. The Bertz CT molecular complexity index is 873. The lowest BCUT2D eigenvalue weighted by Crippen LogP contribution is -2.29. The van der Waals surface area contributed by atoms with Crippen LogP contribution in [0.1, 0.15) is 226 Å². The third-order valence-electron chi connectivity index (χ3n) is 10.0. The molecule has 322 valence electrons. The van der Waals surface area contributed by atoms with Crippen molar-refractivity contribution < 1.29 is 47.8 Å². The van der Waals surface area contributed by atoms with E-state index >= 15 is 0 Å². The summed E-state index contributed by atoms with van der Waals surface area (Å²) in [5, 5.41) is 18.3. The van der Waals surface area contributed by atoms with E-state index in [4.69, 9.17) is 23.6 Å². The Labute approximate surface area is 331 Å². The van der Waals surface area contributed by atoms with Gasteiger partial charge in [-0.05, 0) is 12.8 Å². The van der Waals surface area contributed by atoms with E-state index in [2.05, 4.69) is 13.8 Å². The van der Waals surface area contributed by atoms with Crippen LogP contribution in [0.15, 0.2) is 0 Å². The van der Waals surface area contributed by atoms with E-state index in [1.807, 2.05) is 0 Å². The minimum atomic E-state index is -4.61. The molecule has 0 aliphatic carbocycles. The SMILES string of the molecule is CCCCCCCCCCCCCCCCCCCCC(=O)O[C@H](COC(=O)CCCCCCCCCCCCCCC)COP(=O)(O)OC[C@@H](O)CO. The first-order chi connectivity index (χ1) is 26.2. The van der Waals surface area contributed by atoms with Gasteiger partial charge in [0.25, 0.3) is 0 Å². The van der Waals surface area contributed by atoms with Crippen molar-refractivity contribution in [3.8, 4) is 0 Å². The zero-order valence-electron chi connectivity index (χ0n) is 35.0. The van der Waals surface area contributed by atoms with E-state index in [1.54, 1.807) is 0 Å². The van der Waals surface area contributed by atoms with Gasteiger partial charge in [-0.15, -0.1) is 0 Å². The molecule has 0 spiro atoms. The molecule has 0 aliphatic heterocycles. The third kappa shape index (κ3) is 39.2. The average Bonchev–Trinajstić information content (AvgIpc) is 3.16. The van der Waals surface area contributed by atoms with Crippen molar-refractivity contribution in [2.24, 2.45) is 0 Å². The molecule has 11 heteroatoms. The maximum atomic E-state index is 12.6. The fourth-order valence-corrected chi connectivity index (χ4v) is 7.31. The maximum absolute atomic E-state index is 12.6. The zero-order valence-corrected chi connectivity index (χ0v) is 35.9. The Kier molecular flexibility index (Phi) is 39.4. The van der Waals surface area contributed by atoms with E-state index in [-0.39, 0.29) is 19.4 Å². The summed E-state index contributed by atoms with van der Waals surface area (Å²) in [6, 6.07) is 0. The van der Waals surface area contributed by atoms with Crippen molar-refractivity contribution in [3.63, 3.8) is 0 Å². The summed E-state index contributed by atoms with van der Waals surface area (Å²) in [5.74, 6) is -0.908. The number of carbonyl (C=O) groups excluding carboxylic acids is 2. The topological polar surface area (TPSA) is 149 Å². The number of esters is 2. The number of unbranched alkanes of at least 4 members (excludes halogenated alkanes) is 29. The van der Waals surface area contributed by atoms with Gasteiger partial charge >= 0.3 is 19.8 Å². The first kappa shape index (κ1) is 53.0. The van der Waals surface area contributed by atoms with Crippen LogP contribution < -0.4 is 0 Å². The highest BCUT2D eigenvalue weighted by Gasteiger charge is 2.27. The standard InChI is InChI=1S/C43H85O10P/c1-3-5-7-9-11-13-15-17-18-19-20-21-23-25-27-29-31-33-35-43(47)53-41(39-52-54(48,49)51-37-40(45)36-44)38-50-42(46)34-32-30-28-26-24-22-16-14-12-10-8-6-4-2/h40-41,44-45H,3-39H2,1-2H3,(H,48,49)/t40-,41+/m0/s1. The molecule has 0 aliphatic rings. The number of phosphoric acid groups is 1. The molecular weight excluding hydrogens is 707 g/mol. The second-order valence-corrected chi connectivity index (χ2v) is 16.9.